The van der Waals surface area contributed by atoms with Crippen molar-refractivity contribution in [2.24, 2.45) is 0 Å². The molecule has 2 amide bonds. The van der Waals surface area contributed by atoms with Gasteiger partial charge >= 0.3 is 5.97 Å². The number of furan rings is 1. The summed E-state index contributed by atoms with van der Waals surface area (Å²) < 4.78 is 10.4. The molecule has 0 fully saturated rings. The van der Waals surface area contributed by atoms with Crippen LogP contribution in [0, 0.1) is 0 Å². The summed E-state index contributed by atoms with van der Waals surface area (Å²) in [6.07, 6.45) is 2.53. The lowest BCUT2D eigenvalue weighted by Gasteiger charge is -2.07. The first-order valence-electron chi connectivity index (χ1n) is 6.79. The summed E-state index contributed by atoms with van der Waals surface area (Å²) in [5.74, 6) is -1.40. The van der Waals surface area contributed by atoms with Crippen LogP contribution < -0.4 is 10.9 Å². The van der Waals surface area contributed by atoms with Gasteiger partial charge in [-0.15, -0.1) is 0 Å². The first-order chi connectivity index (χ1) is 11.5. The number of halogens is 1. The van der Waals surface area contributed by atoms with Crippen molar-refractivity contribution in [2.75, 3.05) is 6.61 Å². The molecule has 0 unspecified atom stereocenters. The maximum absolute atomic E-state index is 11.7. The van der Waals surface area contributed by atoms with E-state index in [-0.39, 0.29) is 0 Å². The van der Waals surface area contributed by atoms with Gasteiger partial charge in [-0.25, -0.2) is 4.79 Å². The van der Waals surface area contributed by atoms with Crippen LogP contribution in [0.25, 0.3) is 6.08 Å². The zero-order valence-corrected chi connectivity index (χ0v) is 13.9. The normalized spacial score (nSPS) is 10.4. The smallest absolute Gasteiger partial charge is 0.331 e. The van der Waals surface area contributed by atoms with Crippen molar-refractivity contribution in [3.63, 3.8) is 0 Å². The monoisotopic (exact) mass is 392 g/mol. The molecule has 24 heavy (non-hydrogen) atoms. The fourth-order valence-corrected chi connectivity index (χ4v) is 1.90. The molecule has 0 atom stereocenters. The highest BCUT2D eigenvalue weighted by atomic mass is 79.9. The molecule has 0 aliphatic carbocycles. The van der Waals surface area contributed by atoms with Crippen LogP contribution in [0.15, 0.2) is 57.6 Å². The second kappa shape index (κ2) is 8.68. The van der Waals surface area contributed by atoms with Crippen molar-refractivity contribution in [1.82, 2.24) is 10.9 Å². The molecule has 124 valence electrons. The van der Waals surface area contributed by atoms with Crippen molar-refractivity contribution in [2.45, 2.75) is 0 Å². The molecule has 0 radical (unpaired) electrons. The van der Waals surface area contributed by atoms with E-state index in [0.29, 0.717) is 16.0 Å². The number of hydrazine groups is 1. The molecule has 8 heteroatoms. The van der Waals surface area contributed by atoms with Gasteiger partial charge in [0, 0.05) is 11.6 Å². The number of benzene rings is 1. The van der Waals surface area contributed by atoms with Crippen LogP contribution in [0.2, 0.25) is 0 Å². The van der Waals surface area contributed by atoms with E-state index < -0.39 is 24.4 Å². The summed E-state index contributed by atoms with van der Waals surface area (Å²) in [6, 6.07) is 11.7. The van der Waals surface area contributed by atoms with Crippen LogP contribution in [-0.4, -0.2) is 24.4 Å². The minimum atomic E-state index is -0.716. The summed E-state index contributed by atoms with van der Waals surface area (Å²) in [4.78, 5) is 34.7. The first kappa shape index (κ1) is 17.5. The van der Waals surface area contributed by atoms with E-state index in [4.69, 9.17) is 9.15 Å². The fourth-order valence-electron chi connectivity index (χ4n) is 1.58. The molecule has 0 saturated heterocycles. The van der Waals surface area contributed by atoms with Gasteiger partial charge in [0.2, 0.25) is 0 Å². The van der Waals surface area contributed by atoms with Crippen molar-refractivity contribution < 1.29 is 23.5 Å². The summed E-state index contributed by atoms with van der Waals surface area (Å²) in [7, 11) is 0. The van der Waals surface area contributed by atoms with Gasteiger partial charge in [-0.2, -0.15) is 0 Å². The van der Waals surface area contributed by atoms with Gasteiger partial charge in [0.05, 0.1) is 0 Å². The number of amides is 2. The third kappa shape index (κ3) is 5.73. The van der Waals surface area contributed by atoms with E-state index in [2.05, 4.69) is 26.8 Å². The lowest BCUT2D eigenvalue weighted by Crippen LogP contribution is -2.43. The Labute approximate surface area is 145 Å². The van der Waals surface area contributed by atoms with Crippen molar-refractivity contribution in [3.8, 4) is 0 Å². The minimum Gasteiger partial charge on any atom is -0.452 e. The topological polar surface area (TPSA) is 97.6 Å². The second-order valence-electron chi connectivity index (χ2n) is 4.45. The van der Waals surface area contributed by atoms with E-state index in [1.807, 2.05) is 0 Å². The molecular formula is C16H13BrN2O5. The Morgan fingerprint density at radius 2 is 1.83 bits per heavy atom. The average molecular weight is 393 g/mol. The molecule has 7 nitrogen and oxygen atoms in total. The third-order valence-electron chi connectivity index (χ3n) is 2.67. The third-order valence-corrected chi connectivity index (χ3v) is 3.10. The van der Waals surface area contributed by atoms with Crippen LogP contribution in [0.5, 0.6) is 0 Å². The SMILES string of the molecule is O=C(COC(=O)/C=C/c1ccc(Br)o1)NNC(=O)c1ccccc1. The van der Waals surface area contributed by atoms with Gasteiger partial charge in [-0.1, -0.05) is 18.2 Å². The number of carbonyl (C=O) groups excluding carboxylic acids is 3. The minimum absolute atomic E-state index is 0.391. The van der Waals surface area contributed by atoms with Crippen LogP contribution in [0.3, 0.4) is 0 Å². The second-order valence-corrected chi connectivity index (χ2v) is 5.23. The zero-order valence-electron chi connectivity index (χ0n) is 12.3. The Bertz CT molecular complexity index is 755. The number of carbonyl (C=O) groups is 3. The number of esters is 1. The molecule has 0 saturated carbocycles. The number of nitrogens with one attached hydrogen (secondary N) is 2. The van der Waals surface area contributed by atoms with E-state index in [1.54, 1.807) is 42.5 Å². The van der Waals surface area contributed by atoms with Crippen LogP contribution in [-0.2, 0) is 14.3 Å². The molecule has 0 aliphatic heterocycles. The summed E-state index contributed by atoms with van der Waals surface area (Å²) in [5, 5.41) is 0. The molecule has 2 aromatic rings. The maximum Gasteiger partial charge on any atom is 0.331 e. The van der Waals surface area contributed by atoms with Crippen LogP contribution >= 0.6 is 15.9 Å². The summed E-state index contributed by atoms with van der Waals surface area (Å²) in [5.41, 5.74) is 4.76. The quantitative estimate of drug-likeness (QED) is 0.461. The molecular weight excluding hydrogens is 380 g/mol. The highest BCUT2D eigenvalue weighted by Gasteiger charge is 2.08. The van der Waals surface area contributed by atoms with E-state index in [9.17, 15) is 14.4 Å². The number of hydrogen-bond acceptors (Lipinski definition) is 5. The average Bonchev–Trinajstić information content (AvgIpc) is 3.02. The lowest BCUT2D eigenvalue weighted by molar-refractivity contribution is -0.144. The predicted octanol–water partition coefficient (Wildman–Crippen LogP) is 2.06. The van der Waals surface area contributed by atoms with Gasteiger partial charge in [-0.05, 0) is 46.3 Å². The standard InChI is InChI=1S/C16H13BrN2O5/c17-13-8-6-12(24-13)7-9-15(21)23-10-14(20)18-19-16(22)11-4-2-1-3-5-11/h1-9H,10H2,(H,18,20)(H,19,22)/b9-7+. The van der Waals surface area contributed by atoms with Gasteiger partial charge in [-0.3, -0.25) is 20.4 Å². The predicted molar refractivity (Wildman–Crippen MR) is 88.5 cm³/mol. The Morgan fingerprint density at radius 1 is 1.08 bits per heavy atom. The van der Waals surface area contributed by atoms with Crippen molar-refractivity contribution in [3.05, 3.63) is 64.5 Å². The largest absolute Gasteiger partial charge is 0.452 e. The number of hydrogen-bond donors (Lipinski definition) is 2. The number of rotatable bonds is 5. The Balaban J connectivity index is 1.70. The van der Waals surface area contributed by atoms with Gasteiger partial charge < -0.3 is 9.15 Å². The molecule has 1 aromatic carbocycles. The van der Waals surface area contributed by atoms with E-state index in [0.717, 1.165) is 6.08 Å². The summed E-state index contributed by atoms with van der Waals surface area (Å²) in [6.45, 7) is -0.528. The van der Waals surface area contributed by atoms with Gasteiger partial charge in [0.1, 0.15) is 5.76 Å². The lowest BCUT2D eigenvalue weighted by atomic mass is 10.2. The Hall–Kier alpha value is -2.87. The van der Waals surface area contributed by atoms with Crippen LogP contribution in [0.4, 0.5) is 0 Å². The highest BCUT2D eigenvalue weighted by Crippen LogP contribution is 2.14. The molecule has 2 N–H and O–H groups in total. The van der Waals surface area contributed by atoms with Crippen molar-refractivity contribution in [1.29, 1.82) is 0 Å². The van der Waals surface area contributed by atoms with Crippen LogP contribution in [0.1, 0.15) is 16.1 Å². The molecule has 2 rings (SSSR count). The number of ether oxygens (including phenoxy) is 1. The molecule has 0 aliphatic rings. The fraction of sp³-hybridized carbons (Fsp3) is 0.0625. The van der Waals surface area contributed by atoms with Gasteiger partial charge in [0.15, 0.2) is 11.3 Å². The first-order valence-corrected chi connectivity index (χ1v) is 7.58. The van der Waals surface area contributed by atoms with E-state index in [1.165, 1.54) is 6.08 Å². The van der Waals surface area contributed by atoms with E-state index >= 15 is 0 Å². The molecule has 0 spiro atoms. The van der Waals surface area contributed by atoms with Crippen molar-refractivity contribution >= 4 is 39.8 Å². The Morgan fingerprint density at radius 3 is 2.50 bits per heavy atom. The van der Waals surface area contributed by atoms with Gasteiger partial charge in [0.25, 0.3) is 11.8 Å². The zero-order chi connectivity index (χ0) is 17.4. The Kier molecular flexibility index (Phi) is 6.32. The highest BCUT2D eigenvalue weighted by molar-refractivity contribution is 9.10. The summed E-state index contributed by atoms with van der Waals surface area (Å²) >= 11 is 3.13. The molecule has 1 aromatic heterocycles. The molecule has 0 bridgehead atoms. The maximum atomic E-state index is 11.7. The molecule has 1 heterocycles.